The highest BCUT2D eigenvalue weighted by molar-refractivity contribution is 9.10. The number of methoxy groups -OCH3 is 1. The fourth-order valence-electron chi connectivity index (χ4n) is 3.19. The van der Waals surface area contributed by atoms with Crippen molar-refractivity contribution >= 4 is 33.9 Å². The van der Waals surface area contributed by atoms with Crippen molar-refractivity contribution < 1.29 is 19.0 Å². The quantitative estimate of drug-likeness (QED) is 0.338. The van der Waals surface area contributed by atoms with E-state index in [1.54, 1.807) is 19.3 Å². The van der Waals surface area contributed by atoms with Gasteiger partial charge in [-0.05, 0) is 64.3 Å². The van der Waals surface area contributed by atoms with Crippen LogP contribution in [0.2, 0.25) is 0 Å². The van der Waals surface area contributed by atoms with Crippen LogP contribution in [0, 0.1) is 6.92 Å². The Labute approximate surface area is 189 Å². The summed E-state index contributed by atoms with van der Waals surface area (Å²) in [5, 5.41) is 0. The lowest BCUT2D eigenvalue weighted by molar-refractivity contribution is -0.129. The molecule has 0 N–H and O–H groups in total. The van der Waals surface area contributed by atoms with Gasteiger partial charge in [0.15, 0.2) is 17.2 Å². The number of carbonyl (C=O) groups excluding carboxylic acids is 1. The minimum Gasteiger partial charge on any atom is -0.493 e. The molecule has 5 nitrogen and oxygen atoms in total. The Hall–Kier alpha value is -3.38. The van der Waals surface area contributed by atoms with Crippen molar-refractivity contribution in [2.75, 3.05) is 7.11 Å². The molecule has 4 rings (SSSR count). The number of cyclic esters (lactones) is 1. The van der Waals surface area contributed by atoms with Crippen molar-refractivity contribution in [2.24, 2.45) is 4.99 Å². The van der Waals surface area contributed by atoms with E-state index >= 15 is 0 Å². The third kappa shape index (κ3) is 4.86. The summed E-state index contributed by atoms with van der Waals surface area (Å²) in [6.07, 6.45) is 1.66. The summed E-state index contributed by atoms with van der Waals surface area (Å²) in [6.45, 7) is 2.45. The molecule has 0 saturated heterocycles. The predicted molar refractivity (Wildman–Crippen MR) is 123 cm³/mol. The average molecular weight is 478 g/mol. The number of rotatable bonds is 6. The molecule has 156 valence electrons. The lowest BCUT2D eigenvalue weighted by Gasteiger charge is -2.14. The Balaban J connectivity index is 1.59. The van der Waals surface area contributed by atoms with Crippen LogP contribution in [-0.2, 0) is 16.1 Å². The molecule has 0 radical (unpaired) electrons. The highest BCUT2D eigenvalue weighted by atomic mass is 79.9. The van der Waals surface area contributed by atoms with Gasteiger partial charge < -0.3 is 14.2 Å². The van der Waals surface area contributed by atoms with E-state index in [1.807, 2.05) is 61.5 Å². The van der Waals surface area contributed by atoms with E-state index < -0.39 is 5.97 Å². The second-order valence-corrected chi connectivity index (χ2v) is 7.87. The third-order valence-corrected chi connectivity index (χ3v) is 5.25. The first kappa shape index (κ1) is 20.9. The van der Waals surface area contributed by atoms with Gasteiger partial charge in [-0.25, -0.2) is 9.79 Å². The molecule has 1 heterocycles. The topological polar surface area (TPSA) is 57.1 Å². The Kier molecular flexibility index (Phi) is 6.18. The molecule has 1 aliphatic heterocycles. The Morgan fingerprint density at radius 3 is 2.61 bits per heavy atom. The molecule has 0 atom stereocenters. The molecular formula is C25H20BrNO4. The van der Waals surface area contributed by atoms with Crippen LogP contribution in [-0.4, -0.2) is 19.0 Å². The van der Waals surface area contributed by atoms with Crippen LogP contribution in [0.25, 0.3) is 6.08 Å². The van der Waals surface area contributed by atoms with Gasteiger partial charge in [0.1, 0.15) is 6.61 Å². The minimum atomic E-state index is -0.492. The van der Waals surface area contributed by atoms with Crippen molar-refractivity contribution in [3.05, 3.63) is 99.2 Å². The number of benzene rings is 3. The number of ether oxygens (including phenoxy) is 3. The number of nitrogens with zero attached hydrogens (tertiary/aromatic N) is 1. The van der Waals surface area contributed by atoms with Gasteiger partial charge in [-0.3, -0.25) is 0 Å². The molecule has 0 aliphatic carbocycles. The molecule has 1 aliphatic rings. The number of aryl methyl sites for hydroxylation is 1. The highest BCUT2D eigenvalue weighted by Crippen LogP contribution is 2.38. The smallest absolute Gasteiger partial charge is 0.363 e. The van der Waals surface area contributed by atoms with Crippen molar-refractivity contribution in [2.45, 2.75) is 13.5 Å². The zero-order chi connectivity index (χ0) is 21.8. The minimum absolute atomic E-state index is 0.223. The first-order chi connectivity index (χ1) is 15.0. The number of esters is 1. The fourth-order valence-corrected chi connectivity index (χ4v) is 3.77. The van der Waals surface area contributed by atoms with Crippen LogP contribution in [0.1, 0.15) is 22.3 Å². The maximum Gasteiger partial charge on any atom is 0.363 e. The number of aliphatic imine (C=N–C) groups is 1. The summed E-state index contributed by atoms with van der Waals surface area (Å²) in [5.41, 5.74) is 3.94. The number of carbonyl (C=O) groups is 1. The molecule has 3 aromatic carbocycles. The van der Waals surface area contributed by atoms with E-state index in [0.29, 0.717) is 28.5 Å². The molecule has 0 saturated carbocycles. The number of halogens is 1. The Bertz CT molecular complexity index is 1190. The molecule has 0 bridgehead atoms. The van der Waals surface area contributed by atoms with Gasteiger partial charge in [0.2, 0.25) is 5.90 Å². The normalized spacial score (nSPS) is 14.4. The van der Waals surface area contributed by atoms with E-state index in [1.165, 1.54) is 5.56 Å². The van der Waals surface area contributed by atoms with E-state index in [4.69, 9.17) is 14.2 Å². The predicted octanol–water partition coefficient (Wildman–Crippen LogP) is 5.69. The summed E-state index contributed by atoms with van der Waals surface area (Å²) in [5.74, 6) is 0.941. The summed E-state index contributed by atoms with van der Waals surface area (Å²) < 4.78 is 17.6. The molecule has 0 amide bonds. The van der Waals surface area contributed by atoms with Gasteiger partial charge in [0.25, 0.3) is 0 Å². The maximum atomic E-state index is 12.3. The molecule has 3 aromatic rings. The van der Waals surface area contributed by atoms with Gasteiger partial charge in [0.05, 0.1) is 11.6 Å². The third-order valence-electron chi connectivity index (χ3n) is 4.66. The standard InChI is InChI=1S/C25H20BrNO4/c1-16-7-6-8-17(11-16)15-30-23-20(26)12-18(14-22(23)29-2)13-21-25(28)31-24(27-21)19-9-4-3-5-10-19/h3-14H,15H2,1-2H3/b21-13-. The molecule has 0 fully saturated rings. The van der Waals surface area contributed by atoms with Crippen LogP contribution < -0.4 is 9.47 Å². The van der Waals surface area contributed by atoms with Crippen molar-refractivity contribution in [3.8, 4) is 11.5 Å². The Morgan fingerprint density at radius 2 is 1.87 bits per heavy atom. The highest BCUT2D eigenvalue weighted by Gasteiger charge is 2.24. The van der Waals surface area contributed by atoms with Crippen LogP contribution in [0.3, 0.4) is 0 Å². The zero-order valence-electron chi connectivity index (χ0n) is 17.1. The Morgan fingerprint density at radius 1 is 1.06 bits per heavy atom. The summed E-state index contributed by atoms with van der Waals surface area (Å²) in [6, 6.07) is 21.1. The monoisotopic (exact) mass is 477 g/mol. The first-order valence-corrected chi connectivity index (χ1v) is 10.5. The van der Waals surface area contributed by atoms with E-state index in [0.717, 1.165) is 16.7 Å². The van der Waals surface area contributed by atoms with Crippen molar-refractivity contribution in [1.82, 2.24) is 0 Å². The average Bonchev–Trinajstić information content (AvgIpc) is 3.13. The van der Waals surface area contributed by atoms with Gasteiger partial charge in [0, 0.05) is 5.56 Å². The van der Waals surface area contributed by atoms with Crippen molar-refractivity contribution in [3.63, 3.8) is 0 Å². The molecule has 6 heteroatoms. The molecule has 0 aromatic heterocycles. The van der Waals surface area contributed by atoms with Crippen molar-refractivity contribution in [1.29, 1.82) is 0 Å². The van der Waals surface area contributed by atoms with Crippen LogP contribution in [0.15, 0.2) is 81.9 Å². The van der Waals surface area contributed by atoms with Gasteiger partial charge in [-0.2, -0.15) is 0 Å². The first-order valence-electron chi connectivity index (χ1n) is 9.67. The number of hydrogen-bond acceptors (Lipinski definition) is 5. The van der Waals surface area contributed by atoms with Crippen LogP contribution in [0.5, 0.6) is 11.5 Å². The molecular weight excluding hydrogens is 458 g/mol. The SMILES string of the molecule is COc1cc(/C=C2\N=C(c3ccccc3)OC2=O)cc(Br)c1OCc1cccc(C)c1. The zero-order valence-corrected chi connectivity index (χ0v) is 18.7. The lowest BCUT2D eigenvalue weighted by Crippen LogP contribution is -2.05. The van der Waals surface area contributed by atoms with Crippen LogP contribution >= 0.6 is 15.9 Å². The van der Waals surface area contributed by atoms with Gasteiger partial charge in [-0.1, -0.05) is 48.0 Å². The fraction of sp³-hybridized carbons (Fsp3) is 0.120. The summed E-state index contributed by atoms with van der Waals surface area (Å²) >= 11 is 3.55. The van der Waals surface area contributed by atoms with Gasteiger partial charge in [-0.15, -0.1) is 0 Å². The molecule has 31 heavy (non-hydrogen) atoms. The van der Waals surface area contributed by atoms with E-state index in [9.17, 15) is 4.79 Å². The maximum absolute atomic E-state index is 12.3. The second-order valence-electron chi connectivity index (χ2n) is 7.01. The summed E-state index contributed by atoms with van der Waals surface area (Å²) in [7, 11) is 1.58. The summed E-state index contributed by atoms with van der Waals surface area (Å²) in [4.78, 5) is 16.6. The molecule has 0 spiro atoms. The van der Waals surface area contributed by atoms with E-state index in [2.05, 4.69) is 27.0 Å². The van der Waals surface area contributed by atoms with E-state index in [-0.39, 0.29) is 5.70 Å². The largest absolute Gasteiger partial charge is 0.493 e. The molecule has 0 unspecified atom stereocenters. The van der Waals surface area contributed by atoms with Crippen LogP contribution in [0.4, 0.5) is 0 Å². The lowest BCUT2D eigenvalue weighted by atomic mass is 10.1. The van der Waals surface area contributed by atoms with Gasteiger partial charge >= 0.3 is 5.97 Å². The second kappa shape index (κ2) is 9.18. The number of hydrogen-bond donors (Lipinski definition) is 0.